The second-order valence-corrected chi connectivity index (χ2v) is 6.22. The van der Waals surface area contributed by atoms with Crippen molar-refractivity contribution in [1.29, 1.82) is 0 Å². The minimum Gasteiger partial charge on any atom is -0.353 e. The molecular formula is C13H23N3O2S. The molecule has 2 aliphatic rings. The molecule has 0 radical (unpaired) electrons. The molecule has 2 fully saturated rings. The summed E-state index contributed by atoms with van der Waals surface area (Å²) in [5.74, 6) is 2.12. The fourth-order valence-corrected chi connectivity index (χ4v) is 3.48. The first kappa shape index (κ1) is 14.7. The molecule has 2 saturated heterocycles. The molecule has 1 unspecified atom stereocenters. The Bertz CT molecular complexity index is 324. The van der Waals surface area contributed by atoms with Gasteiger partial charge in [-0.2, -0.15) is 0 Å². The van der Waals surface area contributed by atoms with Crippen molar-refractivity contribution in [3.63, 3.8) is 0 Å². The number of hydrogen-bond donors (Lipinski definition) is 2. The van der Waals surface area contributed by atoms with E-state index >= 15 is 0 Å². The largest absolute Gasteiger partial charge is 0.353 e. The third-order valence-electron chi connectivity index (χ3n) is 3.66. The lowest BCUT2D eigenvalue weighted by atomic mass is 10.0. The van der Waals surface area contributed by atoms with Gasteiger partial charge in [-0.1, -0.05) is 6.92 Å². The molecule has 0 aliphatic carbocycles. The predicted molar refractivity (Wildman–Crippen MR) is 76.9 cm³/mol. The van der Waals surface area contributed by atoms with Gasteiger partial charge < -0.3 is 10.2 Å². The Kier molecular flexibility index (Phi) is 5.51. The van der Waals surface area contributed by atoms with E-state index in [9.17, 15) is 9.59 Å². The Morgan fingerprint density at radius 2 is 2.11 bits per heavy atom. The first-order valence-electron chi connectivity index (χ1n) is 7.10. The SMILES string of the molecule is CCCC(=O)NC1CCN(C(=O)C2CSCN2)CC1. The smallest absolute Gasteiger partial charge is 0.240 e. The van der Waals surface area contributed by atoms with Gasteiger partial charge in [0, 0.05) is 37.2 Å². The Morgan fingerprint density at radius 1 is 1.37 bits per heavy atom. The quantitative estimate of drug-likeness (QED) is 0.792. The topological polar surface area (TPSA) is 61.4 Å². The molecule has 19 heavy (non-hydrogen) atoms. The van der Waals surface area contributed by atoms with Crippen molar-refractivity contribution >= 4 is 23.6 Å². The summed E-state index contributed by atoms with van der Waals surface area (Å²) in [5.41, 5.74) is 0. The van der Waals surface area contributed by atoms with Gasteiger partial charge in [0.05, 0.1) is 6.04 Å². The van der Waals surface area contributed by atoms with Crippen LogP contribution in [-0.4, -0.2) is 53.5 Å². The number of carbonyl (C=O) groups is 2. The molecule has 2 rings (SSSR count). The number of likely N-dealkylation sites (tertiary alicyclic amines) is 1. The summed E-state index contributed by atoms with van der Waals surface area (Å²) in [5, 5.41) is 6.27. The van der Waals surface area contributed by atoms with Crippen LogP contribution < -0.4 is 10.6 Å². The maximum Gasteiger partial charge on any atom is 0.240 e. The molecule has 0 bridgehead atoms. The molecule has 0 spiro atoms. The molecule has 0 saturated carbocycles. The molecule has 6 heteroatoms. The zero-order valence-electron chi connectivity index (χ0n) is 11.5. The second kappa shape index (κ2) is 7.14. The lowest BCUT2D eigenvalue weighted by Crippen LogP contribution is -2.51. The highest BCUT2D eigenvalue weighted by molar-refractivity contribution is 7.99. The molecule has 2 heterocycles. The Labute approximate surface area is 118 Å². The summed E-state index contributed by atoms with van der Waals surface area (Å²) >= 11 is 1.77. The van der Waals surface area contributed by atoms with E-state index in [4.69, 9.17) is 0 Å². The highest BCUT2D eigenvalue weighted by Gasteiger charge is 2.30. The number of thioether (sulfide) groups is 1. The standard InChI is InChI=1S/C13H23N3O2S/c1-2-3-12(17)15-10-4-6-16(7-5-10)13(18)11-8-19-9-14-11/h10-11,14H,2-9H2,1H3,(H,15,17). The average Bonchev–Trinajstić information content (AvgIpc) is 2.93. The van der Waals surface area contributed by atoms with Gasteiger partial charge in [-0.15, -0.1) is 11.8 Å². The van der Waals surface area contributed by atoms with E-state index in [0.717, 1.165) is 44.0 Å². The summed E-state index contributed by atoms with van der Waals surface area (Å²) < 4.78 is 0. The zero-order chi connectivity index (χ0) is 13.7. The lowest BCUT2D eigenvalue weighted by Gasteiger charge is -2.33. The van der Waals surface area contributed by atoms with Crippen molar-refractivity contribution < 1.29 is 9.59 Å². The lowest BCUT2D eigenvalue weighted by molar-refractivity contribution is -0.133. The van der Waals surface area contributed by atoms with Crippen LogP contribution in [0.15, 0.2) is 0 Å². The molecule has 1 atom stereocenters. The Morgan fingerprint density at radius 3 is 2.68 bits per heavy atom. The molecule has 0 aromatic carbocycles. The van der Waals surface area contributed by atoms with Crippen LogP contribution in [0.5, 0.6) is 0 Å². The zero-order valence-corrected chi connectivity index (χ0v) is 12.3. The molecule has 2 N–H and O–H groups in total. The number of rotatable bonds is 4. The fraction of sp³-hybridized carbons (Fsp3) is 0.846. The van der Waals surface area contributed by atoms with E-state index < -0.39 is 0 Å². The third-order valence-corrected chi connectivity index (χ3v) is 4.60. The van der Waals surface area contributed by atoms with Crippen LogP contribution >= 0.6 is 11.8 Å². The van der Waals surface area contributed by atoms with Crippen LogP contribution in [-0.2, 0) is 9.59 Å². The predicted octanol–water partition coefficient (Wildman–Crippen LogP) is 0.556. The van der Waals surface area contributed by atoms with Gasteiger partial charge in [0.2, 0.25) is 11.8 Å². The number of hydrogen-bond acceptors (Lipinski definition) is 4. The number of nitrogens with zero attached hydrogens (tertiary/aromatic N) is 1. The monoisotopic (exact) mass is 285 g/mol. The molecule has 2 amide bonds. The van der Waals surface area contributed by atoms with Crippen LogP contribution in [0.4, 0.5) is 0 Å². The maximum atomic E-state index is 12.2. The molecule has 0 aromatic rings. The van der Waals surface area contributed by atoms with Crippen LogP contribution in [0.3, 0.4) is 0 Å². The number of piperidine rings is 1. The summed E-state index contributed by atoms with van der Waals surface area (Å²) in [6.07, 6.45) is 3.23. The van der Waals surface area contributed by atoms with E-state index in [1.807, 2.05) is 11.8 Å². The number of carbonyl (C=O) groups excluding carboxylic acids is 2. The Hall–Kier alpha value is -0.750. The van der Waals surface area contributed by atoms with Gasteiger partial charge in [-0.05, 0) is 19.3 Å². The Balaban J connectivity index is 1.72. The van der Waals surface area contributed by atoms with E-state index in [-0.39, 0.29) is 23.9 Å². The van der Waals surface area contributed by atoms with Crippen molar-refractivity contribution in [1.82, 2.24) is 15.5 Å². The average molecular weight is 285 g/mol. The van der Waals surface area contributed by atoms with Crippen molar-refractivity contribution in [3.05, 3.63) is 0 Å². The van der Waals surface area contributed by atoms with Gasteiger partial charge in [0.15, 0.2) is 0 Å². The number of nitrogens with one attached hydrogen (secondary N) is 2. The second-order valence-electron chi connectivity index (χ2n) is 5.19. The van der Waals surface area contributed by atoms with E-state index in [1.54, 1.807) is 11.8 Å². The van der Waals surface area contributed by atoms with Gasteiger partial charge in [0.1, 0.15) is 0 Å². The van der Waals surface area contributed by atoms with Crippen molar-refractivity contribution in [3.8, 4) is 0 Å². The van der Waals surface area contributed by atoms with Gasteiger partial charge >= 0.3 is 0 Å². The number of amides is 2. The minimum atomic E-state index is -0.00349. The van der Waals surface area contributed by atoms with Gasteiger partial charge in [-0.3, -0.25) is 14.9 Å². The highest BCUT2D eigenvalue weighted by atomic mass is 32.2. The summed E-state index contributed by atoms with van der Waals surface area (Å²) in [7, 11) is 0. The van der Waals surface area contributed by atoms with Crippen molar-refractivity contribution in [2.45, 2.75) is 44.7 Å². The summed E-state index contributed by atoms with van der Waals surface area (Å²) in [6, 6.07) is 0.241. The summed E-state index contributed by atoms with van der Waals surface area (Å²) in [4.78, 5) is 25.7. The van der Waals surface area contributed by atoms with Crippen LogP contribution in [0.2, 0.25) is 0 Å². The first-order chi connectivity index (χ1) is 9.20. The minimum absolute atomic E-state index is 0.00349. The van der Waals surface area contributed by atoms with Gasteiger partial charge in [0.25, 0.3) is 0 Å². The third kappa shape index (κ3) is 4.11. The molecule has 5 nitrogen and oxygen atoms in total. The van der Waals surface area contributed by atoms with Crippen LogP contribution in [0, 0.1) is 0 Å². The van der Waals surface area contributed by atoms with E-state index in [2.05, 4.69) is 10.6 Å². The normalized spacial score (nSPS) is 24.5. The van der Waals surface area contributed by atoms with E-state index in [0.29, 0.717) is 6.42 Å². The first-order valence-corrected chi connectivity index (χ1v) is 8.25. The van der Waals surface area contributed by atoms with Crippen molar-refractivity contribution in [2.24, 2.45) is 0 Å². The van der Waals surface area contributed by atoms with E-state index in [1.165, 1.54) is 0 Å². The molecule has 108 valence electrons. The van der Waals surface area contributed by atoms with Gasteiger partial charge in [-0.25, -0.2) is 0 Å². The van der Waals surface area contributed by atoms with Crippen molar-refractivity contribution in [2.75, 3.05) is 24.7 Å². The highest BCUT2D eigenvalue weighted by Crippen LogP contribution is 2.16. The maximum absolute atomic E-state index is 12.2. The van der Waals surface area contributed by atoms with Crippen LogP contribution in [0.25, 0.3) is 0 Å². The fourth-order valence-electron chi connectivity index (χ4n) is 2.55. The molecule has 2 aliphatic heterocycles. The van der Waals surface area contributed by atoms with Crippen LogP contribution in [0.1, 0.15) is 32.6 Å². The molecule has 0 aromatic heterocycles. The molecular weight excluding hydrogens is 262 g/mol. The summed E-state index contributed by atoms with van der Waals surface area (Å²) in [6.45, 7) is 3.53.